The Morgan fingerprint density at radius 3 is 2.69 bits per heavy atom. The van der Waals surface area contributed by atoms with Gasteiger partial charge >= 0.3 is 0 Å². The van der Waals surface area contributed by atoms with Gasteiger partial charge in [-0.05, 0) is 61.7 Å². The number of rotatable bonds is 4. The van der Waals surface area contributed by atoms with Crippen LogP contribution in [0, 0.1) is 18.7 Å². The summed E-state index contributed by atoms with van der Waals surface area (Å²) in [5.74, 6) is -0.897. The molecule has 150 valence electrons. The molecule has 0 bridgehead atoms. The molecule has 2 aromatic carbocycles. The summed E-state index contributed by atoms with van der Waals surface area (Å²) in [6, 6.07) is 10.2. The zero-order chi connectivity index (χ0) is 20.5. The minimum absolute atomic E-state index is 0.0376. The van der Waals surface area contributed by atoms with E-state index in [1.807, 2.05) is 25.1 Å². The van der Waals surface area contributed by atoms with Crippen molar-refractivity contribution in [3.8, 4) is 0 Å². The molecule has 0 atom stereocenters. The second-order valence-corrected chi connectivity index (χ2v) is 7.51. The van der Waals surface area contributed by atoms with Crippen LogP contribution in [0.3, 0.4) is 0 Å². The van der Waals surface area contributed by atoms with Crippen molar-refractivity contribution < 1.29 is 14.0 Å². The fourth-order valence-corrected chi connectivity index (χ4v) is 3.96. The molecule has 0 radical (unpaired) electrons. The first-order chi connectivity index (χ1) is 13.9. The molecule has 0 aromatic heterocycles. The van der Waals surface area contributed by atoms with E-state index in [0.29, 0.717) is 16.8 Å². The van der Waals surface area contributed by atoms with Crippen molar-refractivity contribution in [3.63, 3.8) is 0 Å². The molecule has 2 aromatic rings. The molecular formula is C22H23FN4O2. The summed E-state index contributed by atoms with van der Waals surface area (Å²) in [5.41, 5.74) is 10.0. The van der Waals surface area contributed by atoms with Crippen LogP contribution in [0.25, 0.3) is 5.57 Å². The second-order valence-electron chi connectivity index (χ2n) is 7.51. The minimum Gasteiger partial charge on any atom is -0.371 e. The van der Waals surface area contributed by atoms with E-state index in [1.54, 1.807) is 12.3 Å². The molecule has 29 heavy (non-hydrogen) atoms. The summed E-state index contributed by atoms with van der Waals surface area (Å²) in [5, 5.41) is 5.88. The lowest BCUT2D eigenvalue weighted by atomic mass is 9.95. The van der Waals surface area contributed by atoms with Gasteiger partial charge in [0.05, 0.1) is 5.57 Å². The number of hydrogen-bond donors (Lipinski definition) is 3. The number of carbonyl (C=O) groups excluding carboxylic acids is 2. The molecule has 0 saturated carbocycles. The van der Waals surface area contributed by atoms with E-state index in [2.05, 4.69) is 15.5 Å². The van der Waals surface area contributed by atoms with Crippen LogP contribution in [0.2, 0.25) is 0 Å². The number of nitrogens with zero attached hydrogens (tertiary/aromatic N) is 1. The number of hydrogen-bond acceptors (Lipinski definition) is 4. The average molecular weight is 394 g/mol. The largest absolute Gasteiger partial charge is 0.371 e. The molecule has 1 fully saturated rings. The number of piperidine rings is 1. The van der Waals surface area contributed by atoms with Crippen LogP contribution in [-0.4, -0.2) is 24.9 Å². The maximum absolute atomic E-state index is 13.6. The molecule has 2 heterocycles. The van der Waals surface area contributed by atoms with Gasteiger partial charge in [-0.15, -0.1) is 0 Å². The maximum atomic E-state index is 13.6. The zero-order valence-corrected chi connectivity index (χ0v) is 16.2. The molecule has 2 amide bonds. The summed E-state index contributed by atoms with van der Waals surface area (Å²) in [7, 11) is 0. The number of fused-ring (bicyclic) bond motifs is 1. The van der Waals surface area contributed by atoms with Gasteiger partial charge in [0.1, 0.15) is 5.82 Å². The fourth-order valence-electron chi connectivity index (χ4n) is 3.96. The standard InChI is InChI=1S/C22H23FN4O2/c1-13-10-16(3-5-20(13)27-8-6-14(7-9-27)21(24)28)25-12-18-17-11-15(23)2-4-19(17)26-22(18)29/h2-5,10-12,14,25H,6-9H2,1H3,(H2,24,28)(H,26,29)/b18-12-. The van der Waals surface area contributed by atoms with Crippen molar-refractivity contribution in [1.82, 2.24) is 0 Å². The molecule has 7 heteroatoms. The molecule has 2 aliphatic heterocycles. The Kier molecular flexibility index (Phi) is 4.96. The van der Waals surface area contributed by atoms with E-state index in [9.17, 15) is 14.0 Å². The Labute approximate surface area is 168 Å². The van der Waals surface area contributed by atoms with E-state index in [4.69, 9.17) is 5.73 Å². The Hall–Kier alpha value is -3.35. The first-order valence-electron chi connectivity index (χ1n) is 9.65. The van der Waals surface area contributed by atoms with E-state index in [1.165, 1.54) is 12.1 Å². The monoisotopic (exact) mass is 394 g/mol. The Morgan fingerprint density at radius 2 is 2.00 bits per heavy atom. The molecular weight excluding hydrogens is 371 g/mol. The van der Waals surface area contributed by atoms with Crippen molar-refractivity contribution in [1.29, 1.82) is 0 Å². The number of nitrogens with one attached hydrogen (secondary N) is 2. The molecule has 2 aliphatic rings. The number of nitrogens with two attached hydrogens (primary N) is 1. The summed E-state index contributed by atoms with van der Waals surface area (Å²) in [4.78, 5) is 25.8. The van der Waals surface area contributed by atoms with E-state index in [0.717, 1.165) is 42.9 Å². The first-order valence-corrected chi connectivity index (χ1v) is 9.65. The average Bonchev–Trinajstić information content (AvgIpc) is 3.01. The second kappa shape index (κ2) is 7.58. The van der Waals surface area contributed by atoms with Crippen molar-refractivity contribution >= 4 is 34.4 Å². The predicted molar refractivity (Wildman–Crippen MR) is 112 cm³/mol. The lowest BCUT2D eigenvalue weighted by Gasteiger charge is -2.33. The molecule has 0 aliphatic carbocycles. The van der Waals surface area contributed by atoms with Gasteiger partial charge in [0.15, 0.2) is 0 Å². The highest BCUT2D eigenvalue weighted by Gasteiger charge is 2.25. The van der Waals surface area contributed by atoms with Crippen molar-refractivity contribution in [3.05, 3.63) is 59.5 Å². The van der Waals surface area contributed by atoms with Gasteiger partial charge in [-0.2, -0.15) is 0 Å². The molecule has 0 spiro atoms. The molecule has 1 saturated heterocycles. The topological polar surface area (TPSA) is 87.5 Å². The van der Waals surface area contributed by atoms with Gasteiger partial charge in [0.25, 0.3) is 5.91 Å². The van der Waals surface area contributed by atoms with Crippen LogP contribution in [0.1, 0.15) is 24.0 Å². The van der Waals surface area contributed by atoms with Crippen LogP contribution in [0.4, 0.5) is 21.5 Å². The molecule has 6 nitrogen and oxygen atoms in total. The van der Waals surface area contributed by atoms with Crippen LogP contribution >= 0.6 is 0 Å². The van der Waals surface area contributed by atoms with Gasteiger partial charge < -0.3 is 21.3 Å². The third-order valence-corrected chi connectivity index (χ3v) is 5.58. The van der Waals surface area contributed by atoms with Gasteiger partial charge in [-0.3, -0.25) is 9.59 Å². The van der Waals surface area contributed by atoms with E-state index >= 15 is 0 Å². The van der Waals surface area contributed by atoms with E-state index < -0.39 is 0 Å². The predicted octanol–water partition coefficient (Wildman–Crippen LogP) is 3.24. The number of anilines is 3. The van der Waals surface area contributed by atoms with Crippen LogP contribution in [0.5, 0.6) is 0 Å². The summed E-state index contributed by atoms with van der Waals surface area (Å²) >= 11 is 0. The van der Waals surface area contributed by atoms with Gasteiger partial charge in [0.2, 0.25) is 5.91 Å². The number of carbonyl (C=O) groups is 2. The van der Waals surface area contributed by atoms with E-state index in [-0.39, 0.29) is 23.5 Å². The lowest BCUT2D eigenvalue weighted by Crippen LogP contribution is -2.38. The number of halogens is 1. The summed E-state index contributed by atoms with van der Waals surface area (Å²) in [6.07, 6.45) is 3.14. The number of primary amides is 1. The highest BCUT2D eigenvalue weighted by molar-refractivity contribution is 6.31. The molecule has 0 unspecified atom stereocenters. The molecule has 4 N–H and O–H groups in total. The zero-order valence-electron chi connectivity index (χ0n) is 16.2. The number of amides is 2. The maximum Gasteiger partial charge on any atom is 0.257 e. The third kappa shape index (κ3) is 3.81. The summed E-state index contributed by atoms with van der Waals surface area (Å²) in [6.45, 7) is 3.63. The minimum atomic E-state index is -0.383. The SMILES string of the molecule is Cc1cc(N/C=C2\C(=O)Nc3ccc(F)cc32)ccc1N1CCC(C(N)=O)CC1. The van der Waals surface area contributed by atoms with Crippen LogP contribution in [-0.2, 0) is 9.59 Å². The van der Waals surface area contributed by atoms with Crippen LogP contribution in [0.15, 0.2) is 42.6 Å². The highest BCUT2D eigenvalue weighted by Crippen LogP contribution is 2.33. The molecule has 4 rings (SSSR count). The highest BCUT2D eigenvalue weighted by atomic mass is 19.1. The number of benzene rings is 2. The quantitative estimate of drug-likeness (QED) is 0.695. The third-order valence-electron chi connectivity index (χ3n) is 5.58. The van der Waals surface area contributed by atoms with Crippen molar-refractivity contribution in [2.75, 3.05) is 28.6 Å². The Bertz CT molecular complexity index is 1010. The normalized spacial score (nSPS) is 17.9. The summed E-state index contributed by atoms with van der Waals surface area (Å²) < 4.78 is 13.6. The lowest BCUT2D eigenvalue weighted by molar-refractivity contribution is -0.122. The fraction of sp³-hybridized carbons (Fsp3) is 0.273. The Balaban J connectivity index is 1.48. The van der Waals surface area contributed by atoms with Crippen molar-refractivity contribution in [2.24, 2.45) is 11.7 Å². The Morgan fingerprint density at radius 1 is 1.24 bits per heavy atom. The van der Waals surface area contributed by atoms with Crippen LogP contribution < -0.4 is 21.3 Å². The smallest absolute Gasteiger partial charge is 0.257 e. The van der Waals surface area contributed by atoms with Gasteiger partial charge in [0, 0.05) is 47.8 Å². The van der Waals surface area contributed by atoms with Gasteiger partial charge in [-0.25, -0.2) is 4.39 Å². The van der Waals surface area contributed by atoms with Crippen molar-refractivity contribution in [2.45, 2.75) is 19.8 Å². The first kappa shape index (κ1) is 19.0. The van der Waals surface area contributed by atoms with Gasteiger partial charge in [-0.1, -0.05) is 0 Å². The number of aryl methyl sites for hydroxylation is 1.